The van der Waals surface area contributed by atoms with Crippen molar-refractivity contribution in [3.8, 4) is 0 Å². The van der Waals surface area contributed by atoms with Crippen LogP contribution in [0.15, 0.2) is 22.7 Å². The second-order valence-electron chi connectivity index (χ2n) is 2.33. The van der Waals surface area contributed by atoms with Gasteiger partial charge >= 0.3 is 6.18 Å². The molecule has 7 heteroatoms. The molecule has 0 aliphatic carbocycles. The fourth-order valence-electron chi connectivity index (χ4n) is 0.877. The van der Waals surface area contributed by atoms with Gasteiger partial charge in [-0.05, 0) is 18.2 Å². The zero-order valence-electron chi connectivity index (χ0n) is 6.73. The van der Waals surface area contributed by atoms with Crippen LogP contribution in [-0.4, -0.2) is 0 Å². The maximum Gasteiger partial charge on any atom is 0.418 e. The summed E-state index contributed by atoms with van der Waals surface area (Å²) < 4.78 is 37.3. The van der Waals surface area contributed by atoms with E-state index < -0.39 is 11.7 Å². The van der Waals surface area contributed by atoms with Crippen LogP contribution in [0.2, 0.25) is 0 Å². The van der Waals surface area contributed by atoms with Crippen molar-refractivity contribution in [2.45, 2.75) is 6.18 Å². The lowest BCUT2D eigenvalue weighted by atomic mass is 10.2. The van der Waals surface area contributed by atoms with Gasteiger partial charge in [0.1, 0.15) is 0 Å². The molecule has 1 aromatic carbocycles. The summed E-state index contributed by atoms with van der Waals surface area (Å²) in [6.07, 6.45) is -4.40. The van der Waals surface area contributed by atoms with Crippen LogP contribution < -0.4 is 11.3 Å². The third-order valence-corrected chi connectivity index (χ3v) is 1.94. The number of nitrogens with two attached hydrogens (primary N) is 1. The second-order valence-corrected chi connectivity index (χ2v) is 3.25. The van der Waals surface area contributed by atoms with Crippen molar-refractivity contribution < 1.29 is 13.2 Å². The first kappa shape index (κ1) is 13.5. The molecular weight excluding hydrogens is 284 g/mol. The molecule has 2 nitrogen and oxygen atoms in total. The molecule has 0 saturated heterocycles. The highest BCUT2D eigenvalue weighted by Gasteiger charge is 2.33. The molecule has 0 saturated carbocycles. The molecule has 0 heterocycles. The topological polar surface area (TPSA) is 38.0 Å². The molecular formula is C7H7BrClF3N2. The van der Waals surface area contributed by atoms with Gasteiger partial charge in [0.05, 0.1) is 11.3 Å². The Balaban J connectivity index is 0.00000169. The molecule has 0 amide bonds. The number of rotatable bonds is 1. The Labute approximate surface area is 93.2 Å². The summed E-state index contributed by atoms with van der Waals surface area (Å²) in [6.45, 7) is 0. The minimum Gasteiger partial charge on any atom is -0.324 e. The molecule has 14 heavy (non-hydrogen) atoms. The Hall–Kier alpha value is -0.460. The second kappa shape index (κ2) is 4.86. The first-order chi connectivity index (χ1) is 5.95. The molecule has 0 fully saturated rings. The van der Waals surface area contributed by atoms with Crippen molar-refractivity contribution in [1.29, 1.82) is 0 Å². The standard InChI is InChI=1S/C7H6BrF3N2.ClH/c8-4-1-2-6(13-12)5(3-4)7(9,10)11;/h1-3,13H,12H2;1H. The van der Waals surface area contributed by atoms with Gasteiger partial charge in [0.25, 0.3) is 0 Å². The van der Waals surface area contributed by atoms with Crippen LogP contribution in [0.1, 0.15) is 5.56 Å². The predicted molar refractivity (Wildman–Crippen MR) is 54.2 cm³/mol. The van der Waals surface area contributed by atoms with Crippen molar-refractivity contribution in [2.24, 2.45) is 5.84 Å². The normalized spacial score (nSPS) is 10.6. The maximum atomic E-state index is 12.3. The summed E-state index contributed by atoms with van der Waals surface area (Å²) in [7, 11) is 0. The van der Waals surface area contributed by atoms with Crippen LogP contribution in [-0.2, 0) is 6.18 Å². The highest BCUT2D eigenvalue weighted by molar-refractivity contribution is 9.10. The van der Waals surface area contributed by atoms with Gasteiger partial charge in [0.15, 0.2) is 0 Å². The van der Waals surface area contributed by atoms with E-state index in [9.17, 15) is 13.2 Å². The minimum absolute atomic E-state index is 0. The smallest absolute Gasteiger partial charge is 0.324 e. The lowest BCUT2D eigenvalue weighted by Gasteiger charge is -2.12. The lowest BCUT2D eigenvalue weighted by molar-refractivity contribution is -0.137. The zero-order chi connectivity index (χ0) is 10.1. The molecule has 0 bridgehead atoms. The van der Waals surface area contributed by atoms with Crippen molar-refractivity contribution in [3.63, 3.8) is 0 Å². The molecule has 0 aliphatic heterocycles. The quantitative estimate of drug-likeness (QED) is 0.616. The summed E-state index contributed by atoms with van der Waals surface area (Å²) in [5, 5.41) is 0. The van der Waals surface area contributed by atoms with Crippen LogP contribution in [0.3, 0.4) is 0 Å². The summed E-state index contributed by atoms with van der Waals surface area (Å²) in [4.78, 5) is 0. The van der Waals surface area contributed by atoms with E-state index in [2.05, 4.69) is 15.9 Å². The molecule has 80 valence electrons. The fraction of sp³-hybridized carbons (Fsp3) is 0.143. The third-order valence-electron chi connectivity index (χ3n) is 1.44. The summed E-state index contributed by atoms with van der Waals surface area (Å²) >= 11 is 2.95. The van der Waals surface area contributed by atoms with Gasteiger partial charge in [-0.25, -0.2) is 0 Å². The van der Waals surface area contributed by atoms with Crippen LogP contribution >= 0.6 is 28.3 Å². The lowest BCUT2D eigenvalue weighted by Crippen LogP contribution is -2.14. The number of benzene rings is 1. The predicted octanol–water partition coefficient (Wildman–Crippen LogP) is 3.18. The van der Waals surface area contributed by atoms with Gasteiger partial charge in [-0.15, -0.1) is 12.4 Å². The van der Waals surface area contributed by atoms with E-state index in [4.69, 9.17) is 5.84 Å². The molecule has 0 spiro atoms. The molecule has 0 aromatic heterocycles. The first-order valence-corrected chi connectivity index (χ1v) is 4.08. The highest BCUT2D eigenvalue weighted by atomic mass is 79.9. The summed E-state index contributed by atoms with van der Waals surface area (Å²) in [5.74, 6) is 4.93. The van der Waals surface area contributed by atoms with Crippen LogP contribution in [0.5, 0.6) is 0 Å². The number of hydrogen-bond acceptors (Lipinski definition) is 2. The molecule has 0 unspecified atom stereocenters. The van der Waals surface area contributed by atoms with Gasteiger partial charge in [-0.2, -0.15) is 13.2 Å². The number of hydrogen-bond donors (Lipinski definition) is 2. The number of nitrogens with one attached hydrogen (secondary N) is 1. The molecule has 3 N–H and O–H groups in total. The highest BCUT2D eigenvalue weighted by Crippen LogP contribution is 2.35. The molecule has 1 aromatic rings. The van der Waals surface area contributed by atoms with E-state index in [1.165, 1.54) is 12.1 Å². The summed E-state index contributed by atoms with van der Waals surface area (Å²) in [6, 6.07) is 3.70. The Morgan fingerprint density at radius 2 is 1.86 bits per heavy atom. The van der Waals surface area contributed by atoms with Gasteiger partial charge in [0.2, 0.25) is 0 Å². The largest absolute Gasteiger partial charge is 0.418 e. The number of anilines is 1. The molecule has 1 rings (SSSR count). The molecule has 0 radical (unpaired) electrons. The number of halogens is 5. The van der Waals surface area contributed by atoms with E-state index in [1.54, 1.807) is 0 Å². The maximum absolute atomic E-state index is 12.3. The number of hydrazine groups is 1. The van der Waals surface area contributed by atoms with Crippen molar-refractivity contribution in [2.75, 3.05) is 5.43 Å². The van der Waals surface area contributed by atoms with Crippen molar-refractivity contribution >= 4 is 34.0 Å². The minimum atomic E-state index is -4.40. The molecule has 0 aliphatic rings. The van der Waals surface area contributed by atoms with Gasteiger partial charge in [-0.1, -0.05) is 15.9 Å². The van der Waals surface area contributed by atoms with E-state index in [1.807, 2.05) is 5.43 Å². The van der Waals surface area contributed by atoms with E-state index in [-0.39, 0.29) is 18.1 Å². The monoisotopic (exact) mass is 290 g/mol. The van der Waals surface area contributed by atoms with Crippen molar-refractivity contribution in [1.82, 2.24) is 0 Å². The van der Waals surface area contributed by atoms with Gasteiger partial charge in [0, 0.05) is 4.47 Å². The number of nitrogen functional groups attached to an aromatic ring is 1. The number of alkyl halides is 3. The fourth-order valence-corrected chi connectivity index (χ4v) is 1.24. The van der Waals surface area contributed by atoms with Crippen LogP contribution in [0, 0.1) is 0 Å². The van der Waals surface area contributed by atoms with Gasteiger partial charge in [-0.3, -0.25) is 5.84 Å². The van der Waals surface area contributed by atoms with Crippen LogP contribution in [0.25, 0.3) is 0 Å². The summed E-state index contributed by atoms with van der Waals surface area (Å²) in [5.41, 5.74) is 1.06. The zero-order valence-corrected chi connectivity index (χ0v) is 9.13. The van der Waals surface area contributed by atoms with E-state index >= 15 is 0 Å². The Bertz CT molecular complexity index is 316. The van der Waals surface area contributed by atoms with E-state index in [0.717, 1.165) is 6.07 Å². The average molecular weight is 291 g/mol. The SMILES string of the molecule is Cl.NNc1ccc(Br)cc1C(F)(F)F. The van der Waals surface area contributed by atoms with Gasteiger partial charge < -0.3 is 5.43 Å². The first-order valence-electron chi connectivity index (χ1n) is 3.28. The molecule has 0 atom stereocenters. The average Bonchev–Trinajstić information content (AvgIpc) is 2.03. The Morgan fingerprint density at radius 1 is 1.29 bits per heavy atom. The Kier molecular flexibility index (Phi) is 4.70. The third kappa shape index (κ3) is 3.04. The van der Waals surface area contributed by atoms with Crippen molar-refractivity contribution in [3.05, 3.63) is 28.2 Å². The van der Waals surface area contributed by atoms with Crippen LogP contribution in [0.4, 0.5) is 18.9 Å². The van der Waals surface area contributed by atoms with E-state index in [0.29, 0.717) is 4.47 Å². The Morgan fingerprint density at radius 3 is 2.29 bits per heavy atom.